The Morgan fingerprint density at radius 3 is 2.27 bits per heavy atom. The van der Waals surface area contributed by atoms with Gasteiger partial charge in [-0.1, -0.05) is 23.6 Å². The van der Waals surface area contributed by atoms with Gasteiger partial charge in [0.2, 0.25) is 0 Å². The van der Waals surface area contributed by atoms with Crippen molar-refractivity contribution in [1.29, 1.82) is 0 Å². The molecule has 332 valence electrons. The SMILES string of the molecule is Cn1nc(CS(=O)(=O)C2CC2)c2c(Cl)ccc(-c3ccc(C#CC(C)(C)S(=O)(=O)C4CC4)nc3[C@@H](CC(=O)Cn3nc(C(F)F)c4c3C(F)(F)[C@@H]3C[C@H]43)Cc3cc(F)cc(F)c3)c21. The van der Waals surface area contributed by atoms with E-state index in [1.54, 1.807) is 25.2 Å². The number of benzene rings is 2. The summed E-state index contributed by atoms with van der Waals surface area (Å²) in [4.78, 5) is 19.1. The molecule has 3 fully saturated rings. The molecule has 0 radical (unpaired) electrons. The summed E-state index contributed by atoms with van der Waals surface area (Å²) >= 11 is 6.75. The van der Waals surface area contributed by atoms with Crippen LogP contribution in [0, 0.1) is 29.4 Å². The quantitative estimate of drug-likeness (QED) is 0.0799. The second-order valence-corrected chi connectivity index (χ2v) is 23.1. The summed E-state index contributed by atoms with van der Waals surface area (Å²) < 4.78 is 142. The minimum Gasteiger partial charge on any atom is -0.298 e. The molecule has 0 N–H and O–H groups in total. The van der Waals surface area contributed by atoms with Gasteiger partial charge in [0.1, 0.15) is 40.0 Å². The number of Topliss-reactive ketones (excluding diaryl/α,β-unsaturated/α-hetero) is 1. The summed E-state index contributed by atoms with van der Waals surface area (Å²) in [7, 11) is -5.63. The van der Waals surface area contributed by atoms with Crippen LogP contribution in [-0.4, -0.2) is 62.4 Å². The highest BCUT2D eigenvalue weighted by Gasteiger charge is 2.67. The summed E-state index contributed by atoms with van der Waals surface area (Å²) in [5, 5.41) is 7.89. The van der Waals surface area contributed by atoms with Crippen LogP contribution in [0.15, 0.2) is 42.5 Å². The molecule has 0 saturated heterocycles. The Bertz CT molecular complexity index is 3020. The van der Waals surface area contributed by atoms with E-state index in [2.05, 4.69) is 22.0 Å². The number of alkyl halides is 4. The van der Waals surface area contributed by atoms with Crippen LogP contribution in [0.25, 0.3) is 22.0 Å². The Labute approximate surface area is 364 Å². The molecule has 2 aromatic carbocycles. The monoisotopic (exact) mass is 931 g/mol. The van der Waals surface area contributed by atoms with E-state index in [0.29, 0.717) is 58.5 Å². The molecule has 19 heteroatoms. The maximum absolute atomic E-state index is 15.5. The number of pyridine rings is 1. The molecule has 0 aliphatic heterocycles. The highest BCUT2D eigenvalue weighted by Crippen LogP contribution is 2.68. The molecule has 10 nitrogen and oxygen atoms in total. The van der Waals surface area contributed by atoms with Gasteiger partial charge in [-0.25, -0.2) is 39.4 Å². The lowest BCUT2D eigenvalue weighted by molar-refractivity contribution is -0.120. The molecule has 5 aromatic rings. The van der Waals surface area contributed by atoms with Crippen LogP contribution < -0.4 is 0 Å². The van der Waals surface area contributed by atoms with Crippen molar-refractivity contribution in [2.24, 2.45) is 13.0 Å². The average molecular weight is 932 g/mol. The van der Waals surface area contributed by atoms with Crippen molar-refractivity contribution < 1.29 is 48.0 Å². The van der Waals surface area contributed by atoms with Crippen LogP contribution >= 0.6 is 11.6 Å². The zero-order valence-corrected chi connectivity index (χ0v) is 36.5. The van der Waals surface area contributed by atoms with Gasteiger partial charge in [0, 0.05) is 53.4 Å². The number of aromatic nitrogens is 5. The molecular weight excluding hydrogens is 892 g/mol. The predicted molar refractivity (Wildman–Crippen MR) is 222 cm³/mol. The molecule has 3 aromatic heterocycles. The number of ketones is 1. The lowest BCUT2D eigenvalue weighted by Crippen LogP contribution is -2.33. The van der Waals surface area contributed by atoms with Crippen LogP contribution in [0.4, 0.5) is 26.3 Å². The normalized spacial score (nSPS) is 19.8. The Hall–Kier alpha value is -4.73. The van der Waals surface area contributed by atoms with Crippen LogP contribution in [0.3, 0.4) is 0 Å². The molecule has 0 unspecified atom stereocenters. The maximum Gasteiger partial charge on any atom is 0.293 e. The van der Waals surface area contributed by atoms with E-state index < -0.39 is 107 Å². The van der Waals surface area contributed by atoms with E-state index in [-0.39, 0.29) is 51.8 Å². The van der Waals surface area contributed by atoms with Crippen molar-refractivity contribution in [3.05, 3.63) is 98.7 Å². The molecule has 0 spiro atoms. The second kappa shape index (κ2) is 15.2. The van der Waals surface area contributed by atoms with E-state index in [1.807, 2.05) is 0 Å². The lowest BCUT2D eigenvalue weighted by atomic mass is 9.86. The van der Waals surface area contributed by atoms with Gasteiger partial charge in [-0.15, -0.1) is 0 Å². The van der Waals surface area contributed by atoms with E-state index in [1.165, 1.54) is 24.6 Å². The number of carbonyl (C=O) groups is 1. The van der Waals surface area contributed by atoms with Crippen molar-refractivity contribution in [2.75, 3.05) is 0 Å². The van der Waals surface area contributed by atoms with E-state index >= 15 is 8.78 Å². The summed E-state index contributed by atoms with van der Waals surface area (Å²) in [5.41, 5.74) is -0.179. The molecule has 0 bridgehead atoms. The zero-order chi connectivity index (χ0) is 45.1. The molecule has 3 atom stereocenters. The third-order valence-electron chi connectivity index (χ3n) is 12.5. The van der Waals surface area contributed by atoms with Gasteiger partial charge < -0.3 is 0 Å². The topological polar surface area (TPSA) is 134 Å². The van der Waals surface area contributed by atoms with Gasteiger partial charge in [0.15, 0.2) is 25.5 Å². The van der Waals surface area contributed by atoms with Gasteiger partial charge in [-0.2, -0.15) is 19.0 Å². The lowest BCUT2D eigenvalue weighted by Gasteiger charge is -2.22. The van der Waals surface area contributed by atoms with Gasteiger partial charge in [0.25, 0.3) is 12.3 Å². The Balaban J connectivity index is 1.19. The largest absolute Gasteiger partial charge is 0.298 e. The number of sulfone groups is 2. The van der Waals surface area contributed by atoms with Crippen LogP contribution in [0.2, 0.25) is 5.02 Å². The molecule has 3 heterocycles. The van der Waals surface area contributed by atoms with Gasteiger partial charge in [0.05, 0.1) is 38.2 Å². The van der Waals surface area contributed by atoms with Crippen LogP contribution in [0.1, 0.15) is 110 Å². The van der Waals surface area contributed by atoms with Crippen molar-refractivity contribution in [3.63, 3.8) is 0 Å². The van der Waals surface area contributed by atoms with E-state index in [0.717, 1.165) is 12.1 Å². The predicted octanol–water partition coefficient (Wildman–Crippen LogP) is 8.68. The minimum atomic E-state index is -3.66. The molecule has 0 amide bonds. The highest BCUT2D eigenvalue weighted by atomic mass is 35.5. The average Bonchev–Trinajstić information content (AvgIpc) is 4.08. The first kappa shape index (κ1) is 43.5. The number of halogens is 7. The third kappa shape index (κ3) is 7.85. The summed E-state index contributed by atoms with van der Waals surface area (Å²) in [5.74, 6) is -3.84. The van der Waals surface area contributed by atoms with Crippen molar-refractivity contribution in [2.45, 2.75) is 111 Å². The third-order valence-corrected chi connectivity index (χ3v) is 17.9. The summed E-state index contributed by atoms with van der Waals surface area (Å²) in [6, 6.07) is 9.10. The highest BCUT2D eigenvalue weighted by molar-refractivity contribution is 7.93. The first-order valence-electron chi connectivity index (χ1n) is 20.4. The molecule has 4 aliphatic carbocycles. The number of hydrogen-bond donors (Lipinski definition) is 0. The molecular formula is C44H40ClF6N5O5S2. The molecule has 9 rings (SSSR count). The van der Waals surface area contributed by atoms with E-state index in [4.69, 9.17) is 16.6 Å². The van der Waals surface area contributed by atoms with Gasteiger partial charge in [-0.3, -0.25) is 14.2 Å². The molecule has 63 heavy (non-hydrogen) atoms. The fourth-order valence-electron chi connectivity index (χ4n) is 9.04. The Morgan fingerprint density at radius 2 is 1.62 bits per heavy atom. The number of fused-ring (bicyclic) bond motifs is 4. The van der Waals surface area contributed by atoms with Crippen molar-refractivity contribution in [1.82, 2.24) is 24.5 Å². The maximum atomic E-state index is 15.5. The van der Waals surface area contributed by atoms with Gasteiger partial charge in [-0.05, 0) is 100 Å². The smallest absolute Gasteiger partial charge is 0.293 e. The van der Waals surface area contributed by atoms with Crippen LogP contribution in [-0.2, 0) is 56.2 Å². The minimum absolute atomic E-state index is 0.0233. The summed E-state index contributed by atoms with van der Waals surface area (Å²) in [6.45, 7) is 2.14. The zero-order valence-electron chi connectivity index (χ0n) is 34.1. The Morgan fingerprint density at radius 1 is 0.952 bits per heavy atom. The Kier molecular flexibility index (Phi) is 10.5. The second-order valence-electron chi connectivity index (χ2n) is 17.6. The van der Waals surface area contributed by atoms with E-state index in [9.17, 15) is 39.2 Å². The molecule has 4 aliphatic rings. The summed E-state index contributed by atoms with van der Waals surface area (Å²) in [6.07, 6.45) is -1.82. The number of nitrogens with zero attached hydrogens (tertiary/aromatic N) is 5. The molecule has 3 saturated carbocycles. The fourth-order valence-corrected chi connectivity index (χ4v) is 12.8. The first-order valence-corrected chi connectivity index (χ1v) is 24.1. The number of aryl methyl sites for hydroxylation is 1. The number of rotatable bonds is 14. The standard InChI is InChI=1S/C44H40ClF6N5O5S2/c1-43(2,63(60,61)29-7-8-29)13-12-26-4-9-30(31-10-11-34(45)37-35(53-55(3)40(31)37)21-62(58,59)28-5-6-28)38(52-26)23(14-22-15-24(46)18-25(47)16-22)17-27(57)20-56-41-36(39(54-56)42(48)49)32-19-33(32)44(41,50)51/h4,9-11,15-16,18,23,28-29,32-33,42H,5-8,14,17,19-21H2,1-3H3/t23-,32+,33-/m1/s1. The van der Waals surface area contributed by atoms with Crippen LogP contribution in [0.5, 0.6) is 0 Å². The number of hydrogen-bond acceptors (Lipinski definition) is 8. The number of carbonyl (C=O) groups excluding carboxylic acids is 1. The first-order chi connectivity index (χ1) is 29.6. The van der Waals surface area contributed by atoms with Crippen molar-refractivity contribution in [3.8, 4) is 23.0 Å². The van der Waals surface area contributed by atoms with Crippen molar-refractivity contribution >= 4 is 48.0 Å². The fraction of sp³-hybridized carbons (Fsp3) is 0.455. The van der Waals surface area contributed by atoms with Gasteiger partial charge >= 0.3 is 0 Å².